The van der Waals surface area contributed by atoms with Gasteiger partial charge in [-0.15, -0.1) is 11.3 Å². The lowest BCUT2D eigenvalue weighted by molar-refractivity contribution is 0.506. The van der Waals surface area contributed by atoms with Crippen LogP contribution in [0.1, 0.15) is 20.3 Å². The molecule has 0 N–H and O–H groups in total. The zero-order chi connectivity index (χ0) is 15.7. The second-order valence-corrected chi connectivity index (χ2v) is 7.54. The number of thiophene rings is 1. The van der Waals surface area contributed by atoms with E-state index in [1.54, 1.807) is 10.9 Å². The molecule has 0 radical (unpaired) electrons. The smallest absolute Gasteiger partial charge is 0.262 e. The number of benzene rings is 1. The van der Waals surface area contributed by atoms with Crippen LogP contribution in [0.2, 0.25) is 0 Å². The van der Waals surface area contributed by atoms with Gasteiger partial charge in [0.2, 0.25) is 0 Å². The van der Waals surface area contributed by atoms with E-state index in [0.29, 0.717) is 5.92 Å². The van der Waals surface area contributed by atoms with Crippen molar-refractivity contribution in [3.63, 3.8) is 0 Å². The summed E-state index contributed by atoms with van der Waals surface area (Å²) in [6, 6.07) is 8.03. The maximum atomic E-state index is 12.8. The van der Waals surface area contributed by atoms with Crippen molar-refractivity contribution in [2.24, 2.45) is 5.92 Å². The van der Waals surface area contributed by atoms with Crippen molar-refractivity contribution in [1.82, 2.24) is 9.55 Å². The molecule has 22 heavy (non-hydrogen) atoms. The highest BCUT2D eigenvalue weighted by Crippen LogP contribution is 2.31. The standard InChI is InChI=1S/C17H17BrN2OS/c1-11(2)7-8-20-10-19-16-15(17(20)21)14(9-22-16)12-3-5-13(18)6-4-12/h3-6,9-11H,7-8H2,1-2H3. The Kier molecular flexibility index (Phi) is 4.45. The maximum absolute atomic E-state index is 12.8. The highest BCUT2D eigenvalue weighted by Gasteiger charge is 2.13. The Labute approximate surface area is 141 Å². The number of halogens is 1. The van der Waals surface area contributed by atoms with Gasteiger partial charge in [-0.1, -0.05) is 41.9 Å². The molecule has 2 aromatic heterocycles. The molecule has 3 rings (SSSR count). The van der Waals surface area contributed by atoms with Crippen molar-refractivity contribution in [2.75, 3.05) is 0 Å². The Morgan fingerprint density at radius 2 is 2.00 bits per heavy atom. The third-order valence-electron chi connectivity index (χ3n) is 3.66. The summed E-state index contributed by atoms with van der Waals surface area (Å²) in [6.45, 7) is 5.04. The first kappa shape index (κ1) is 15.4. The second kappa shape index (κ2) is 6.34. The summed E-state index contributed by atoms with van der Waals surface area (Å²) in [4.78, 5) is 18.0. The van der Waals surface area contributed by atoms with Gasteiger partial charge in [-0.3, -0.25) is 9.36 Å². The molecule has 0 aliphatic heterocycles. The minimum Gasteiger partial charge on any atom is -0.299 e. The molecular formula is C17H17BrN2OS. The lowest BCUT2D eigenvalue weighted by atomic mass is 10.1. The SMILES string of the molecule is CC(C)CCn1cnc2scc(-c3ccc(Br)cc3)c2c1=O. The summed E-state index contributed by atoms with van der Waals surface area (Å²) in [5.41, 5.74) is 2.09. The quantitative estimate of drug-likeness (QED) is 0.646. The number of hydrogen-bond donors (Lipinski definition) is 0. The van der Waals surface area contributed by atoms with E-state index in [9.17, 15) is 4.79 Å². The van der Waals surface area contributed by atoms with Crippen LogP contribution in [-0.4, -0.2) is 9.55 Å². The van der Waals surface area contributed by atoms with Gasteiger partial charge in [-0.05, 0) is 30.0 Å². The highest BCUT2D eigenvalue weighted by molar-refractivity contribution is 9.10. The molecule has 0 bridgehead atoms. The van der Waals surface area contributed by atoms with Crippen LogP contribution in [0.15, 0.2) is 45.2 Å². The van der Waals surface area contributed by atoms with E-state index >= 15 is 0 Å². The predicted molar refractivity (Wildman–Crippen MR) is 96.5 cm³/mol. The van der Waals surface area contributed by atoms with E-state index < -0.39 is 0 Å². The van der Waals surface area contributed by atoms with Crippen LogP contribution in [0.3, 0.4) is 0 Å². The fourth-order valence-corrected chi connectivity index (χ4v) is 3.54. The van der Waals surface area contributed by atoms with E-state index in [1.807, 2.05) is 29.6 Å². The first-order chi connectivity index (χ1) is 10.6. The van der Waals surface area contributed by atoms with Gasteiger partial charge in [0.05, 0.1) is 11.7 Å². The molecule has 0 saturated heterocycles. The molecule has 0 saturated carbocycles. The number of aromatic nitrogens is 2. The zero-order valence-corrected chi connectivity index (χ0v) is 14.9. The maximum Gasteiger partial charge on any atom is 0.262 e. The fraction of sp³-hybridized carbons (Fsp3) is 0.294. The van der Waals surface area contributed by atoms with Crippen LogP contribution in [0.5, 0.6) is 0 Å². The molecule has 0 aliphatic rings. The first-order valence-electron chi connectivity index (χ1n) is 7.29. The minimum absolute atomic E-state index is 0.0600. The van der Waals surface area contributed by atoms with Crippen molar-refractivity contribution < 1.29 is 0 Å². The zero-order valence-electron chi connectivity index (χ0n) is 12.5. The van der Waals surface area contributed by atoms with E-state index in [-0.39, 0.29) is 5.56 Å². The predicted octanol–water partition coefficient (Wildman–Crippen LogP) is 4.93. The molecule has 0 spiro atoms. The number of rotatable bonds is 4. The van der Waals surface area contributed by atoms with E-state index in [0.717, 1.165) is 38.8 Å². The fourth-order valence-electron chi connectivity index (χ4n) is 2.37. The molecule has 0 atom stereocenters. The Morgan fingerprint density at radius 1 is 1.27 bits per heavy atom. The Balaban J connectivity index is 2.10. The summed E-state index contributed by atoms with van der Waals surface area (Å²) in [5.74, 6) is 0.566. The molecule has 3 nitrogen and oxygen atoms in total. The molecule has 5 heteroatoms. The Morgan fingerprint density at radius 3 is 2.68 bits per heavy atom. The van der Waals surface area contributed by atoms with Crippen molar-refractivity contribution in [3.05, 3.63) is 50.8 Å². The topological polar surface area (TPSA) is 34.9 Å². The molecular weight excluding hydrogens is 360 g/mol. The Bertz CT molecular complexity index is 849. The number of aryl methyl sites for hydroxylation is 1. The van der Waals surface area contributed by atoms with Gasteiger partial charge in [-0.2, -0.15) is 0 Å². The van der Waals surface area contributed by atoms with Gasteiger partial charge in [0.1, 0.15) is 4.83 Å². The van der Waals surface area contributed by atoms with Gasteiger partial charge in [0.25, 0.3) is 5.56 Å². The van der Waals surface area contributed by atoms with Crippen LogP contribution < -0.4 is 5.56 Å². The van der Waals surface area contributed by atoms with Crippen LogP contribution in [0.25, 0.3) is 21.3 Å². The third kappa shape index (κ3) is 3.01. The number of hydrogen-bond acceptors (Lipinski definition) is 3. The van der Waals surface area contributed by atoms with E-state index in [1.165, 1.54) is 11.3 Å². The summed E-state index contributed by atoms with van der Waals surface area (Å²) in [5, 5.41) is 2.76. The van der Waals surface area contributed by atoms with E-state index in [4.69, 9.17) is 0 Å². The van der Waals surface area contributed by atoms with Gasteiger partial charge < -0.3 is 0 Å². The van der Waals surface area contributed by atoms with Gasteiger partial charge in [-0.25, -0.2) is 4.98 Å². The largest absolute Gasteiger partial charge is 0.299 e. The van der Waals surface area contributed by atoms with Crippen LogP contribution >= 0.6 is 27.3 Å². The lowest BCUT2D eigenvalue weighted by Gasteiger charge is -2.08. The molecule has 2 heterocycles. The molecule has 1 aromatic carbocycles. The normalized spacial score (nSPS) is 11.5. The summed E-state index contributed by atoms with van der Waals surface area (Å²) in [6.07, 6.45) is 2.65. The third-order valence-corrected chi connectivity index (χ3v) is 5.08. The summed E-state index contributed by atoms with van der Waals surface area (Å²) >= 11 is 4.97. The average molecular weight is 377 g/mol. The van der Waals surface area contributed by atoms with Crippen molar-refractivity contribution in [2.45, 2.75) is 26.8 Å². The summed E-state index contributed by atoms with van der Waals surface area (Å²) < 4.78 is 2.76. The van der Waals surface area contributed by atoms with E-state index in [2.05, 4.69) is 34.8 Å². The van der Waals surface area contributed by atoms with Gasteiger partial charge in [0.15, 0.2) is 0 Å². The highest BCUT2D eigenvalue weighted by atomic mass is 79.9. The first-order valence-corrected chi connectivity index (χ1v) is 8.96. The van der Waals surface area contributed by atoms with Crippen molar-refractivity contribution in [1.29, 1.82) is 0 Å². The molecule has 114 valence electrons. The Hall–Kier alpha value is -1.46. The number of fused-ring (bicyclic) bond motifs is 1. The van der Waals surface area contributed by atoms with Crippen LogP contribution in [-0.2, 0) is 6.54 Å². The second-order valence-electron chi connectivity index (χ2n) is 5.76. The number of nitrogens with zero attached hydrogens (tertiary/aromatic N) is 2. The summed E-state index contributed by atoms with van der Waals surface area (Å²) in [7, 11) is 0. The van der Waals surface area contributed by atoms with Crippen molar-refractivity contribution >= 4 is 37.5 Å². The average Bonchev–Trinajstić information content (AvgIpc) is 2.92. The minimum atomic E-state index is 0.0600. The van der Waals surface area contributed by atoms with Crippen LogP contribution in [0, 0.1) is 5.92 Å². The van der Waals surface area contributed by atoms with Crippen LogP contribution in [0.4, 0.5) is 0 Å². The molecule has 0 amide bonds. The lowest BCUT2D eigenvalue weighted by Crippen LogP contribution is -2.21. The molecule has 3 aromatic rings. The van der Waals surface area contributed by atoms with Gasteiger partial charge in [0, 0.05) is 22.0 Å². The van der Waals surface area contributed by atoms with Gasteiger partial charge >= 0.3 is 0 Å². The monoisotopic (exact) mass is 376 g/mol. The van der Waals surface area contributed by atoms with Crippen molar-refractivity contribution in [3.8, 4) is 11.1 Å². The molecule has 0 aliphatic carbocycles. The molecule has 0 unspecified atom stereocenters. The molecule has 0 fully saturated rings.